The van der Waals surface area contributed by atoms with Gasteiger partial charge in [0.15, 0.2) is 0 Å². The van der Waals surface area contributed by atoms with Gasteiger partial charge in [-0.15, -0.1) is 0 Å². The predicted molar refractivity (Wildman–Crippen MR) is 104 cm³/mol. The SMILES string of the molecule is CC[C@@H](C)[C@H](NC(=O)[C@@H](CC(C)C)n1cnc2ccccc2c1=O)C(=O)O. The van der Waals surface area contributed by atoms with E-state index in [0.717, 1.165) is 0 Å². The number of nitrogens with zero attached hydrogens (tertiary/aromatic N) is 2. The van der Waals surface area contributed by atoms with E-state index in [1.165, 1.54) is 10.9 Å². The average molecular weight is 373 g/mol. The molecule has 0 unspecified atom stereocenters. The van der Waals surface area contributed by atoms with Crippen LogP contribution in [0.1, 0.15) is 46.6 Å². The Hall–Kier alpha value is -2.70. The van der Waals surface area contributed by atoms with Crippen molar-refractivity contribution < 1.29 is 14.7 Å². The Morgan fingerprint density at radius 3 is 2.48 bits per heavy atom. The van der Waals surface area contributed by atoms with Crippen LogP contribution in [0.5, 0.6) is 0 Å². The Bertz CT molecular complexity index is 875. The molecule has 0 aliphatic heterocycles. The molecule has 0 aliphatic rings. The van der Waals surface area contributed by atoms with Crippen LogP contribution in [0.15, 0.2) is 35.4 Å². The third kappa shape index (κ3) is 4.72. The summed E-state index contributed by atoms with van der Waals surface area (Å²) in [6.07, 6.45) is 2.39. The van der Waals surface area contributed by atoms with E-state index in [1.807, 2.05) is 20.8 Å². The summed E-state index contributed by atoms with van der Waals surface area (Å²) in [6.45, 7) is 7.54. The molecule has 3 atom stereocenters. The first kappa shape index (κ1) is 20.6. The molecule has 0 bridgehead atoms. The summed E-state index contributed by atoms with van der Waals surface area (Å²) >= 11 is 0. The molecule has 7 heteroatoms. The average Bonchev–Trinajstić information content (AvgIpc) is 2.64. The molecule has 2 aromatic rings. The number of carbonyl (C=O) groups is 2. The number of carboxylic acid groups (broad SMARTS) is 1. The van der Waals surface area contributed by atoms with Crippen LogP contribution in [-0.4, -0.2) is 32.6 Å². The summed E-state index contributed by atoms with van der Waals surface area (Å²) in [5.41, 5.74) is 0.252. The monoisotopic (exact) mass is 373 g/mol. The van der Waals surface area contributed by atoms with E-state index in [0.29, 0.717) is 23.7 Å². The van der Waals surface area contributed by atoms with Gasteiger partial charge < -0.3 is 10.4 Å². The molecule has 0 spiro atoms. The van der Waals surface area contributed by atoms with Gasteiger partial charge in [0, 0.05) is 0 Å². The minimum atomic E-state index is -1.08. The molecule has 27 heavy (non-hydrogen) atoms. The minimum Gasteiger partial charge on any atom is -0.480 e. The first-order chi connectivity index (χ1) is 12.8. The van der Waals surface area contributed by atoms with Crippen LogP contribution in [0, 0.1) is 11.8 Å². The number of hydrogen-bond acceptors (Lipinski definition) is 4. The molecule has 146 valence electrons. The van der Waals surface area contributed by atoms with Crippen molar-refractivity contribution in [2.24, 2.45) is 11.8 Å². The summed E-state index contributed by atoms with van der Waals surface area (Å²) in [5.74, 6) is -1.65. The zero-order valence-electron chi connectivity index (χ0n) is 16.2. The van der Waals surface area contributed by atoms with E-state index in [9.17, 15) is 19.5 Å². The number of benzene rings is 1. The highest BCUT2D eigenvalue weighted by atomic mass is 16.4. The fraction of sp³-hybridized carbons (Fsp3) is 0.500. The molecule has 2 rings (SSSR count). The molecule has 1 aromatic heterocycles. The quantitative estimate of drug-likeness (QED) is 0.741. The number of hydrogen-bond donors (Lipinski definition) is 2. The third-order valence-electron chi connectivity index (χ3n) is 4.80. The molecule has 0 saturated carbocycles. The van der Waals surface area contributed by atoms with Crippen molar-refractivity contribution >= 4 is 22.8 Å². The van der Waals surface area contributed by atoms with Crippen LogP contribution < -0.4 is 10.9 Å². The summed E-state index contributed by atoms with van der Waals surface area (Å²) in [5, 5.41) is 12.5. The zero-order valence-corrected chi connectivity index (χ0v) is 16.2. The number of aromatic nitrogens is 2. The van der Waals surface area contributed by atoms with Crippen molar-refractivity contribution in [2.45, 2.75) is 52.6 Å². The standard InChI is InChI=1S/C20H27N3O4/c1-5-13(4)17(20(26)27)22-18(24)16(10-12(2)3)23-11-21-15-9-7-6-8-14(15)19(23)25/h6-9,11-13,16-17H,5,10H2,1-4H3,(H,22,24)(H,26,27)/t13-,16-,17+/m1/s1. The summed E-state index contributed by atoms with van der Waals surface area (Å²) in [7, 11) is 0. The molecule has 1 aromatic carbocycles. The fourth-order valence-electron chi connectivity index (χ4n) is 3.03. The number of rotatable bonds is 8. The number of carboxylic acids is 1. The summed E-state index contributed by atoms with van der Waals surface area (Å²) in [4.78, 5) is 41.7. The van der Waals surface area contributed by atoms with Crippen LogP contribution in [0.2, 0.25) is 0 Å². The zero-order chi connectivity index (χ0) is 20.1. The molecule has 0 saturated heterocycles. The van der Waals surface area contributed by atoms with Gasteiger partial charge in [-0.05, 0) is 30.4 Å². The van der Waals surface area contributed by atoms with Gasteiger partial charge >= 0.3 is 5.97 Å². The lowest BCUT2D eigenvalue weighted by Crippen LogP contribution is -2.48. The van der Waals surface area contributed by atoms with Gasteiger partial charge in [0.1, 0.15) is 12.1 Å². The van der Waals surface area contributed by atoms with Crippen molar-refractivity contribution in [2.75, 3.05) is 0 Å². The number of amides is 1. The van der Waals surface area contributed by atoms with E-state index >= 15 is 0 Å². The lowest BCUT2D eigenvalue weighted by atomic mass is 9.97. The van der Waals surface area contributed by atoms with Gasteiger partial charge in [-0.25, -0.2) is 9.78 Å². The van der Waals surface area contributed by atoms with E-state index in [4.69, 9.17) is 0 Å². The highest BCUT2D eigenvalue weighted by Crippen LogP contribution is 2.19. The van der Waals surface area contributed by atoms with E-state index in [-0.39, 0.29) is 17.4 Å². The van der Waals surface area contributed by atoms with Crippen molar-refractivity contribution in [3.63, 3.8) is 0 Å². The first-order valence-electron chi connectivity index (χ1n) is 9.25. The van der Waals surface area contributed by atoms with Crippen LogP contribution >= 0.6 is 0 Å². The molecule has 2 N–H and O–H groups in total. The molecule has 1 heterocycles. The minimum absolute atomic E-state index is 0.131. The normalized spacial score (nSPS) is 14.7. The number of aliphatic carboxylic acids is 1. The van der Waals surface area contributed by atoms with Gasteiger partial charge in [-0.3, -0.25) is 14.2 Å². The Morgan fingerprint density at radius 2 is 1.89 bits per heavy atom. The highest BCUT2D eigenvalue weighted by molar-refractivity contribution is 5.86. The fourth-order valence-corrected chi connectivity index (χ4v) is 3.03. The Labute approximate surface area is 158 Å². The second-order valence-corrected chi connectivity index (χ2v) is 7.33. The second-order valence-electron chi connectivity index (χ2n) is 7.33. The molecular weight excluding hydrogens is 346 g/mol. The van der Waals surface area contributed by atoms with Gasteiger partial charge in [-0.1, -0.05) is 46.2 Å². The van der Waals surface area contributed by atoms with Crippen molar-refractivity contribution in [1.29, 1.82) is 0 Å². The summed E-state index contributed by atoms with van der Waals surface area (Å²) < 4.78 is 1.31. The smallest absolute Gasteiger partial charge is 0.326 e. The Balaban J connectivity index is 2.43. The molecule has 1 amide bonds. The van der Waals surface area contributed by atoms with E-state index in [2.05, 4.69) is 10.3 Å². The Kier molecular flexibility index (Phi) is 6.71. The highest BCUT2D eigenvalue weighted by Gasteiger charge is 2.30. The molecule has 0 radical (unpaired) electrons. The molecule has 0 aliphatic carbocycles. The largest absolute Gasteiger partial charge is 0.480 e. The van der Waals surface area contributed by atoms with E-state index in [1.54, 1.807) is 31.2 Å². The van der Waals surface area contributed by atoms with Crippen LogP contribution in [0.25, 0.3) is 10.9 Å². The van der Waals surface area contributed by atoms with Crippen molar-refractivity contribution in [1.82, 2.24) is 14.9 Å². The number of nitrogens with one attached hydrogen (secondary N) is 1. The van der Waals surface area contributed by atoms with E-state index < -0.39 is 24.0 Å². The van der Waals surface area contributed by atoms with Crippen LogP contribution in [0.3, 0.4) is 0 Å². The maximum absolute atomic E-state index is 12.9. The van der Waals surface area contributed by atoms with Gasteiger partial charge in [-0.2, -0.15) is 0 Å². The molecular formula is C20H27N3O4. The first-order valence-corrected chi connectivity index (χ1v) is 9.25. The number of para-hydroxylation sites is 1. The number of carbonyl (C=O) groups excluding carboxylic acids is 1. The molecule has 0 fully saturated rings. The van der Waals surface area contributed by atoms with Crippen molar-refractivity contribution in [3.8, 4) is 0 Å². The van der Waals surface area contributed by atoms with Gasteiger partial charge in [0.25, 0.3) is 5.56 Å². The van der Waals surface area contributed by atoms with Crippen LogP contribution in [-0.2, 0) is 9.59 Å². The van der Waals surface area contributed by atoms with Crippen LogP contribution in [0.4, 0.5) is 0 Å². The van der Waals surface area contributed by atoms with Gasteiger partial charge in [0.05, 0.1) is 17.2 Å². The number of fused-ring (bicyclic) bond motifs is 1. The lowest BCUT2D eigenvalue weighted by molar-refractivity contribution is -0.144. The van der Waals surface area contributed by atoms with Crippen molar-refractivity contribution in [3.05, 3.63) is 40.9 Å². The summed E-state index contributed by atoms with van der Waals surface area (Å²) in [6, 6.07) is 5.13. The predicted octanol–water partition coefficient (Wildman–Crippen LogP) is 2.60. The lowest BCUT2D eigenvalue weighted by Gasteiger charge is -2.25. The molecule has 7 nitrogen and oxygen atoms in total. The second kappa shape index (κ2) is 8.79. The maximum atomic E-state index is 12.9. The topological polar surface area (TPSA) is 101 Å². The van der Waals surface area contributed by atoms with Gasteiger partial charge in [0.2, 0.25) is 5.91 Å². The third-order valence-corrected chi connectivity index (χ3v) is 4.80. The Morgan fingerprint density at radius 1 is 1.22 bits per heavy atom. The maximum Gasteiger partial charge on any atom is 0.326 e.